The number of nitrogens with zero attached hydrogens (tertiary/aromatic N) is 1. The summed E-state index contributed by atoms with van der Waals surface area (Å²) >= 11 is 6.14. The molecule has 1 aliphatic heterocycles. The van der Waals surface area contributed by atoms with E-state index in [0.29, 0.717) is 0 Å². The Kier molecular flexibility index (Phi) is 4.40. The lowest BCUT2D eigenvalue weighted by Gasteiger charge is -2.36. The molecule has 1 fully saturated rings. The molecule has 0 radical (unpaired) electrons. The molecule has 2 rings (SSSR count). The van der Waals surface area contributed by atoms with Crippen molar-refractivity contribution in [2.75, 3.05) is 19.7 Å². The van der Waals surface area contributed by atoms with E-state index in [1.807, 2.05) is 31.2 Å². The molecule has 3 nitrogen and oxygen atoms in total. The predicted molar refractivity (Wildman–Crippen MR) is 68.1 cm³/mol. The van der Waals surface area contributed by atoms with E-state index in [1.165, 1.54) is 0 Å². The predicted octanol–water partition coefficient (Wildman–Crippen LogP) is 1.92. The van der Waals surface area contributed by atoms with E-state index in [-0.39, 0.29) is 18.8 Å². The van der Waals surface area contributed by atoms with Crippen LogP contribution >= 0.6 is 11.6 Å². The van der Waals surface area contributed by atoms with Crippen LogP contribution in [0.3, 0.4) is 0 Å². The maximum absolute atomic E-state index is 9.17. The minimum Gasteiger partial charge on any atom is -0.394 e. The lowest BCUT2D eigenvalue weighted by Crippen LogP contribution is -2.47. The molecule has 0 amide bonds. The summed E-state index contributed by atoms with van der Waals surface area (Å²) in [7, 11) is 0. The largest absolute Gasteiger partial charge is 0.394 e. The second-order valence-electron chi connectivity index (χ2n) is 4.54. The highest BCUT2D eigenvalue weighted by atomic mass is 35.5. The molecule has 0 saturated carbocycles. The lowest BCUT2D eigenvalue weighted by atomic mass is 10.1. The zero-order chi connectivity index (χ0) is 12.3. The smallest absolute Gasteiger partial charge is 0.0936 e. The van der Waals surface area contributed by atoms with Gasteiger partial charge in [-0.2, -0.15) is 0 Å². The average molecular weight is 256 g/mol. The van der Waals surface area contributed by atoms with Gasteiger partial charge in [0.25, 0.3) is 0 Å². The summed E-state index contributed by atoms with van der Waals surface area (Å²) in [6.07, 6.45) is 0.0737. The van der Waals surface area contributed by atoms with E-state index in [0.717, 1.165) is 30.2 Å². The molecule has 1 aromatic rings. The third-order valence-corrected chi connectivity index (χ3v) is 3.33. The molecule has 2 atom stereocenters. The van der Waals surface area contributed by atoms with Gasteiger partial charge < -0.3 is 9.84 Å². The second-order valence-corrected chi connectivity index (χ2v) is 4.94. The maximum Gasteiger partial charge on any atom is 0.0936 e. The first kappa shape index (κ1) is 12.8. The van der Waals surface area contributed by atoms with Crippen LogP contribution in [0.1, 0.15) is 12.5 Å². The molecule has 1 heterocycles. The Labute approximate surface area is 107 Å². The quantitative estimate of drug-likeness (QED) is 0.896. The highest BCUT2D eigenvalue weighted by Gasteiger charge is 2.24. The van der Waals surface area contributed by atoms with Crippen molar-refractivity contribution in [3.05, 3.63) is 34.9 Å². The number of ether oxygens (including phenoxy) is 1. The SMILES string of the molecule is CC1CN(Cc2ccccc2Cl)CC(CO)O1. The average Bonchev–Trinajstić information content (AvgIpc) is 2.31. The van der Waals surface area contributed by atoms with Crippen molar-refractivity contribution in [3.8, 4) is 0 Å². The second kappa shape index (κ2) is 5.83. The van der Waals surface area contributed by atoms with Crippen molar-refractivity contribution in [1.29, 1.82) is 0 Å². The van der Waals surface area contributed by atoms with Gasteiger partial charge in [-0.3, -0.25) is 4.90 Å². The number of aliphatic hydroxyl groups is 1. The summed E-state index contributed by atoms with van der Waals surface area (Å²) < 4.78 is 5.61. The van der Waals surface area contributed by atoms with Gasteiger partial charge >= 0.3 is 0 Å². The van der Waals surface area contributed by atoms with Crippen LogP contribution in [-0.4, -0.2) is 41.9 Å². The van der Waals surface area contributed by atoms with Crippen LogP contribution in [0.4, 0.5) is 0 Å². The van der Waals surface area contributed by atoms with Gasteiger partial charge in [0, 0.05) is 24.7 Å². The molecule has 0 aliphatic carbocycles. The molecule has 0 spiro atoms. The summed E-state index contributed by atoms with van der Waals surface area (Å²) in [5.74, 6) is 0. The van der Waals surface area contributed by atoms with Gasteiger partial charge in [0.1, 0.15) is 0 Å². The van der Waals surface area contributed by atoms with E-state index in [2.05, 4.69) is 4.90 Å². The molecule has 0 bridgehead atoms. The number of morpholine rings is 1. The van der Waals surface area contributed by atoms with Crippen LogP contribution in [-0.2, 0) is 11.3 Å². The minimum absolute atomic E-state index is 0.0728. The van der Waals surface area contributed by atoms with Crippen molar-refractivity contribution in [1.82, 2.24) is 4.90 Å². The van der Waals surface area contributed by atoms with Crippen molar-refractivity contribution in [3.63, 3.8) is 0 Å². The number of benzene rings is 1. The Bertz CT molecular complexity index is 372. The highest BCUT2D eigenvalue weighted by molar-refractivity contribution is 6.31. The van der Waals surface area contributed by atoms with Crippen molar-refractivity contribution >= 4 is 11.6 Å². The third kappa shape index (κ3) is 3.42. The van der Waals surface area contributed by atoms with Gasteiger partial charge in [-0.05, 0) is 18.6 Å². The molecule has 17 heavy (non-hydrogen) atoms. The Morgan fingerprint density at radius 3 is 2.88 bits per heavy atom. The van der Waals surface area contributed by atoms with Crippen LogP contribution < -0.4 is 0 Å². The zero-order valence-electron chi connectivity index (χ0n) is 9.97. The van der Waals surface area contributed by atoms with Crippen molar-refractivity contribution < 1.29 is 9.84 Å². The van der Waals surface area contributed by atoms with Gasteiger partial charge in [0.05, 0.1) is 18.8 Å². The van der Waals surface area contributed by atoms with Crippen LogP contribution in [0.25, 0.3) is 0 Å². The highest BCUT2D eigenvalue weighted by Crippen LogP contribution is 2.19. The fourth-order valence-corrected chi connectivity index (χ4v) is 2.43. The molecule has 4 heteroatoms. The standard InChI is InChI=1S/C13H18ClNO2/c1-10-6-15(8-12(9-16)17-10)7-11-4-2-3-5-13(11)14/h2-5,10,12,16H,6-9H2,1H3. The Morgan fingerprint density at radius 2 is 2.18 bits per heavy atom. The zero-order valence-corrected chi connectivity index (χ0v) is 10.7. The van der Waals surface area contributed by atoms with Crippen molar-refractivity contribution in [2.24, 2.45) is 0 Å². The molecule has 0 aromatic heterocycles. The summed E-state index contributed by atoms with van der Waals surface area (Å²) in [6, 6.07) is 7.87. The van der Waals surface area contributed by atoms with E-state index in [1.54, 1.807) is 0 Å². The maximum atomic E-state index is 9.17. The molecule has 1 N–H and O–H groups in total. The number of aliphatic hydroxyl groups excluding tert-OH is 1. The van der Waals surface area contributed by atoms with E-state index in [4.69, 9.17) is 21.4 Å². The Hall–Kier alpha value is -0.610. The van der Waals surface area contributed by atoms with Gasteiger partial charge in [-0.1, -0.05) is 29.8 Å². The summed E-state index contributed by atoms with van der Waals surface area (Å²) in [6.45, 7) is 4.54. The molecule has 1 aliphatic rings. The van der Waals surface area contributed by atoms with Gasteiger partial charge in [-0.25, -0.2) is 0 Å². The summed E-state index contributed by atoms with van der Waals surface area (Å²) in [5.41, 5.74) is 1.12. The minimum atomic E-state index is -0.0822. The Balaban J connectivity index is 2.01. The number of halogens is 1. The van der Waals surface area contributed by atoms with E-state index < -0.39 is 0 Å². The summed E-state index contributed by atoms with van der Waals surface area (Å²) in [5, 5.41) is 9.97. The monoisotopic (exact) mass is 255 g/mol. The van der Waals surface area contributed by atoms with Crippen LogP contribution in [0.15, 0.2) is 24.3 Å². The fourth-order valence-electron chi connectivity index (χ4n) is 2.24. The number of hydrogen-bond donors (Lipinski definition) is 1. The first-order valence-electron chi connectivity index (χ1n) is 5.91. The van der Waals surface area contributed by atoms with Crippen LogP contribution in [0.2, 0.25) is 5.02 Å². The number of hydrogen-bond acceptors (Lipinski definition) is 3. The number of rotatable bonds is 3. The normalized spacial score (nSPS) is 26.1. The third-order valence-electron chi connectivity index (χ3n) is 2.96. The van der Waals surface area contributed by atoms with Crippen molar-refractivity contribution in [2.45, 2.75) is 25.7 Å². The first-order valence-corrected chi connectivity index (χ1v) is 6.29. The lowest BCUT2D eigenvalue weighted by molar-refractivity contribution is -0.0972. The van der Waals surface area contributed by atoms with E-state index in [9.17, 15) is 0 Å². The topological polar surface area (TPSA) is 32.7 Å². The first-order chi connectivity index (χ1) is 8.19. The molecular formula is C13H18ClNO2. The van der Waals surface area contributed by atoms with Crippen LogP contribution in [0, 0.1) is 0 Å². The molecular weight excluding hydrogens is 238 g/mol. The molecule has 1 saturated heterocycles. The van der Waals surface area contributed by atoms with Crippen LogP contribution in [0.5, 0.6) is 0 Å². The molecule has 94 valence electrons. The van der Waals surface area contributed by atoms with Gasteiger partial charge in [0.2, 0.25) is 0 Å². The van der Waals surface area contributed by atoms with Gasteiger partial charge in [-0.15, -0.1) is 0 Å². The summed E-state index contributed by atoms with van der Waals surface area (Å²) in [4.78, 5) is 2.27. The Morgan fingerprint density at radius 1 is 1.41 bits per heavy atom. The molecule has 1 aromatic carbocycles. The molecule has 2 unspecified atom stereocenters. The van der Waals surface area contributed by atoms with E-state index >= 15 is 0 Å². The van der Waals surface area contributed by atoms with Gasteiger partial charge in [0.15, 0.2) is 0 Å². The fraction of sp³-hybridized carbons (Fsp3) is 0.538.